The van der Waals surface area contributed by atoms with E-state index in [0.29, 0.717) is 6.07 Å². The van der Waals surface area contributed by atoms with Gasteiger partial charge in [-0.1, -0.05) is 12.1 Å². The minimum absolute atomic E-state index is 0.0123. The number of hydrogen-bond acceptors (Lipinski definition) is 8. The van der Waals surface area contributed by atoms with Crippen LogP contribution in [-0.4, -0.2) is 64.7 Å². The summed E-state index contributed by atoms with van der Waals surface area (Å²) in [4.78, 5) is 80.4. The first-order valence-electron chi connectivity index (χ1n) is 14.5. The van der Waals surface area contributed by atoms with Gasteiger partial charge in [0.25, 0.3) is 0 Å². The molecule has 1 aliphatic carbocycles. The van der Waals surface area contributed by atoms with E-state index in [1.54, 1.807) is 4.90 Å². The molecule has 258 valence electrons. The molecule has 19 heteroatoms. The Morgan fingerprint density at radius 1 is 0.939 bits per heavy atom. The van der Waals surface area contributed by atoms with Gasteiger partial charge >= 0.3 is 27.1 Å². The van der Waals surface area contributed by atoms with Crippen molar-refractivity contribution in [3.8, 4) is 11.4 Å². The number of esters is 1. The number of carbonyl (C=O) groups excluding carboxylic acids is 1. The number of hydrogen-bond donors (Lipinski definition) is 5. The normalized spacial score (nSPS) is 18.9. The van der Waals surface area contributed by atoms with E-state index in [1.807, 2.05) is 0 Å². The van der Waals surface area contributed by atoms with Crippen LogP contribution in [0, 0.1) is 35.2 Å². The van der Waals surface area contributed by atoms with Crippen molar-refractivity contribution in [3.63, 3.8) is 0 Å². The molecule has 0 radical (unpaired) electrons. The largest absolute Gasteiger partial charge is 0.477 e. The molecular weight excluding hydrogens is 697 g/mol. The molecule has 0 spiro atoms. The molecule has 49 heavy (non-hydrogen) atoms. The Labute approximate surface area is 273 Å². The van der Waals surface area contributed by atoms with E-state index in [1.165, 1.54) is 24.3 Å². The molecule has 2 aromatic heterocycles. The maximum Gasteiger partial charge on any atom is 0.341 e. The number of rotatable bonds is 10. The second kappa shape index (κ2) is 12.5. The predicted octanol–water partition coefficient (Wildman–Crippen LogP) is 3.40. The number of aromatic nitrogens is 2. The van der Waals surface area contributed by atoms with Crippen LogP contribution in [-0.2, 0) is 20.3 Å². The van der Waals surface area contributed by atoms with Crippen LogP contribution < -0.4 is 15.1 Å². The quantitative estimate of drug-likeness (QED) is 0.0902. The SMILES string of the molecule is O=C(CC1[C@H]2CN(c3nc4c(cc3F)c(=O)c(C(=O)O)cn4-c3ccc(F)cc3F)C[C@@H]12)Oc1ccc(CC(P(=O)(O)O)P(=O)(O)O)cc1. The molecule has 0 bridgehead atoms. The first-order valence-corrected chi connectivity index (χ1v) is 17.9. The van der Waals surface area contributed by atoms with Crippen LogP contribution in [0.4, 0.5) is 19.0 Å². The van der Waals surface area contributed by atoms with Crippen molar-refractivity contribution in [3.05, 3.63) is 93.5 Å². The molecule has 2 aliphatic rings. The summed E-state index contributed by atoms with van der Waals surface area (Å²) in [5, 5.41) is 6.89. The third-order valence-electron chi connectivity index (χ3n) is 8.74. The van der Waals surface area contributed by atoms with Gasteiger partial charge in [0.05, 0.1) is 11.1 Å². The van der Waals surface area contributed by atoms with Crippen molar-refractivity contribution in [2.45, 2.75) is 18.2 Å². The highest BCUT2D eigenvalue weighted by Crippen LogP contribution is 2.61. The zero-order valence-electron chi connectivity index (χ0n) is 24.9. The van der Waals surface area contributed by atoms with Gasteiger partial charge < -0.3 is 34.3 Å². The number of pyridine rings is 2. The van der Waals surface area contributed by atoms with Gasteiger partial charge in [-0.3, -0.25) is 23.3 Å². The van der Waals surface area contributed by atoms with Crippen LogP contribution in [0.1, 0.15) is 22.3 Å². The number of carboxylic acid groups (broad SMARTS) is 1. The number of nitrogens with zero attached hydrogens (tertiary/aromatic N) is 3. The van der Waals surface area contributed by atoms with E-state index >= 15 is 4.39 Å². The molecule has 3 atom stereocenters. The molecule has 3 heterocycles. The summed E-state index contributed by atoms with van der Waals surface area (Å²) in [6, 6.07) is 8.65. The third kappa shape index (κ3) is 6.91. The minimum atomic E-state index is -5.11. The number of anilines is 1. The number of fused-ring (bicyclic) bond motifs is 2. The summed E-state index contributed by atoms with van der Waals surface area (Å²) < 4.78 is 73.2. The molecule has 14 nitrogen and oxygen atoms in total. The summed E-state index contributed by atoms with van der Waals surface area (Å²) in [5.41, 5.74) is -2.18. The number of carbonyl (C=O) groups is 2. The fraction of sp³-hybridized carbons (Fsp3) is 0.267. The monoisotopic (exact) mass is 723 g/mol. The number of aromatic carboxylic acids is 1. The van der Waals surface area contributed by atoms with Crippen molar-refractivity contribution in [1.29, 1.82) is 0 Å². The average Bonchev–Trinajstić information content (AvgIpc) is 3.41. The molecule has 1 saturated carbocycles. The lowest BCUT2D eigenvalue weighted by atomic mass is 10.1. The van der Waals surface area contributed by atoms with E-state index in [4.69, 9.17) is 4.74 Å². The fourth-order valence-electron chi connectivity index (χ4n) is 6.28. The van der Waals surface area contributed by atoms with Gasteiger partial charge in [0.15, 0.2) is 22.7 Å². The Bertz CT molecular complexity index is 2140. The number of halogens is 3. The molecule has 2 aromatic carbocycles. The summed E-state index contributed by atoms with van der Waals surface area (Å²) in [5.74, 6) is -5.40. The van der Waals surface area contributed by atoms with E-state index < -0.39 is 72.8 Å². The molecule has 4 aromatic rings. The van der Waals surface area contributed by atoms with Gasteiger partial charge in [-0.25, -0.2) is 22.9 Å². The van der Waals surface area contributed by atoms with Gasteiger partial charge in [0.2, 0.25) is 5.43 Å². The molecule has 2 fully saturated rings. The van der Waals surface area contributed by atoms with Crippen molar-refractivity contribution in [2.75, 3.05) is 18.0 Å². The van der Waals surface area contributed by atoms with Crippen LogP contribution in [0.15, 0.2) is 59.5 Å². The molecule has 5 N–H and O–H groups in total. The van der Waals surface area contributed by atoms with E-state index in [9.17, 15) is 57.0 Å². The van der Waals surface area contributed by atoms with Crippen molar-refractivity contribution in [2.24, 2.45) is 17.8 Å². The third-order valence-corrected chi connectivity index (χ3v) is 12.5. The average molecular weight is 723 g/mol. The maximum absolute atomic E-state index is 15.4. The molecule has 0 amide bonds. The van der Waals surface area contributed by atoms with Crippen molar-refractivity contribution < 1.29 is 61.3 Å². The minimum Gasteiger partial charge on any atom is -0.477 e. The Balaban J connectivity index is 1.14. The Morgan fingerprint density at radius 2 is 1.57 bits per heavy atom. The summed E-state index contributed by atoms with van der Waals surface area (Å²) in [6.45, 7) is 0.546. The smallest absolute Gasteiger partial charge is 0.341 e. The van der Waals surface area contributed by atoms with E-state index in [2.05, 4.69) is 4.98 Å². The van der Waals surface area contributed by atoms with Crippen molar-refractivity contribution in [1.82, 2.24) is 9.55 Å². The van der Waals surface area contributed by atoms with Crippen LogP contribution in [0.2, 0.25) is 0 Å². The first kappa shape index (κ1) is 34.5. The molecule has 6 rings (SSSR count). The predicted molar refractivity (Wildman–Crippen MR) is 165 cm³/mol. The second-order valence-electron chi connectivity index (χ2n) is 11.9. The first-order chi connectivity index (χ1) is 22.9. The molecule has 1 unspecified atom stereocenters. The summed E-state index contributed by atoms with van der Waals surface area (Å²) in [6.07, 6.45) is 0.246. The number of piperidine rings is 1. The van der Waals surface area contributed by atoms with Crippen LogP contribution in [0.5, 0.6) is 5.75 Å². The van der Waals surface area contributed by atoms with Gasteiger partial charge in [0, 0.05) is 31.8 Å². The molecule has 1 aliphatic heterocycles. The number of carboxylic acids is 1. The Kier molecular flexibility index (Phi) is 8.80. The molecule has 1 saturated heterocycles. The highest BCUT2D eigenvalue weighted by molar-refractivity contribution is 7.70. The van der Waals surface area contributed by atoms with Gasteiger partial charge in [0.1, 0.15) is 22.9 Å². The van der Waals surface area contributed by atoms with Crippen LogP contribution in [0.3, 0.4) is 0 Å². The highest BCUT2D eigenvalue weighted by Gasteiger charge is 2.57. The zero-order chi connectivity index (χ0) is 35.6. The van der Waals surface area contributed by atoms with E-state index in [0.717, 1.165) is 29.0 Å². The standard InChI is InChI=1S/C30H26F3N3O11P2/c31-15-3-6-24(22(32)8-15)36-13-21(30(39)40)27(38)18-9-23(33)29(34-28(18)36)35-11-19-17(20(19)12-35)10-25(37)47-16-4-1-14(2-5-16)7-26(48(41,42)43)49(44,45)46/h1-6,8-9,13,17,19-20,26H,7,10-12H2,(H,39,40)(H2,41,42,43)(H2,44,45,46)/t17?,19-,20+. The van der Waals surface area contributed by atoms with E-state index in [-0.39, 0.29) is 65.7 Å². The topological polar surface area (TPSA) is 217 Å². The Hall–Kier alpha value is -4.37. The lowest BCUT2D eigenvalue weighted by molar-refractivity contribution is -0.134. The lowest BCUT2D eigenvalue weighted by Gasteiger charge is -2.22. The van der Waals surface area contributed by atoms with Gasteiger partial charge in [-0.05, 0) is 60.1 Å². The van der Waals surface area contributed by atoms with Gasteiger partial charge in [-0.15, -0.1) is 0 Å². The van der Waals surface area contributed by atoms with Gasteiger partial charge in [-0.2, -0.15) is 0 Å². The highest BCUT2D eigenvalue weighted by atomic mass is 31.2. The van der Waals surface area contributed by atoms with Crippen LogP contribution in [0.25, 0.3) is 16.7 Å². The fourth-order valence-corrected chi connectivity index (χ4v) is 8.74. The summed E-state index contributed by atoms with van der Waals surface area (Å²) in [7, 11) is -10.2. The van der Waals surface area contributed by atoms with Crippen molar-refractivity contribution >= 4 is 44.0 Å². The lowest BCUT2D eigenvalue weighted by Crippen LogP contribution is -2.28. The Morgan fingerprint density at radius 3 is 2.14 bits per heavy atom. The van der Waals surface area contributed by atoms with Crippen LogP contribution >= 0.6 is 15.2 Å². The maximum atomic E-state index is 15.4. The summed E-state index contributed by atoms with van der Waals surface area (Å²) >= 11 is 0. The number of benzene rings is 2. The second-order valence-corrected chi connectivity index (χ2v) is 15.9. The number of ether oxygens (including phenoxy) is 1. The molecular formula is C30H26F3N3O11P2. The zero-order valence-corrected chi connectivity index (χ0v) is 26.7.